The molecule has 0 fully saturated rings. The maximum absolute atomic E-state index is 12.1. The van der Waals surface area contributed by atoms with E-state index in [0.717, 1.165) is 30.6 Å². The van der Waals surface area contributed by atoms with Crippen LogP contribution in [0.5, 0.6) is 5.75 Å². The first-order chi connectivity index (χ1) is 11.7. The number of aryl methyl sites for hydroxylation is 2. The molecule has 0 saturated heterocycles. The predicted octanol–water partition coefficient (Wildman–Crippen LogP) is 5.26. The molecule has 1 aromatic heterocycles. The minimum Gasteiger partial charge on any atom is -0.469 e. The summed E-state index contributed by atoms with van der Waals surface area (Å²) >= 11 is 0. The quantitative estimate of drug-likeness (QED) is 0.590. The van der Waals surface area contributed by atoms with Crippen molar-refractivity contribution < 1.29 is 17.9 Å². The molecule has 0 bridgehead atoms. The van der Waals surface area contributed by atoms with Crippen LogP contribution in [0.2, 0.25) is 0 Å². The van der Waals surface area contributed by atoms with Gasteiger partial charge in [-0.3, -0.25) is 0 Å². The monoisotopic (exact) mass is 328 g/mol. The standard InChI is InChI=1S/C20H18F2O2/c21-20(22)24-18-10-8-15(9-11-18)6-7-16-3-1-4-17(13-16)14-19-5-2-12-23-19/h1-5,8-13,20H,6-7,14H2. The second-order valence-corrected chi connectivity index (χ2v) is 5.60. The molecular weight excluding hydrogens is 310 g/mol. The summed E-state index contributed by atoms with van der Waals surface area (Å²) in [6, 6.07) is 19.1. The molecule has 0 radical (unpaired) electrons. The van der Waals surface area contributed by atoms with Gasteiger partial charge in [0.05, 0.1) is 6.26 Å². The topological polar surface area (TPSA) is 22.4 Å². The van der Waals surface area contributed by atoms with E-state index in [1.165, 1.54) is 11.1 Å². The number of rotatable bonds is 7. The Morgan fingerprint density at radius 2 is 1.58 bits per heavy atom. The summed E-state index contributed by atoms with van der Waals surface area (Å²) in [6.45, 7) is -2.78. The first-order valence-electron chi connectivity index (χ1n) is 7.83. The highest BCUT2D eigenvalue weighted by Crippen LogP contribution is 2.17. The summed E-state index contributed by atoms with van der Waals surface area (Å²) in [5.41, 5.74) is 3.54. The van der Waals surface area contributed by atoms with Crippen molar-refractivity contribution in [3.8, 4) is 5.75 Å². The average Bonchev–Trinajstić information content (AvgIpc) is 3.07. The fraction of sp³-hybridized carbons (Fsp3) is 0.200. The molecule has 2 nitrogen and oxygen atoms in total. The molecule has 0 saturated carbocycles. The normalized spacial score (nSPS) is 11.0. The first kappa shape index (κ1) is 16.2. The summed E-state index contributed by atoms with van der Waals surface area (Å²) in [7, 11) is 0. The van der Waals surface area contributed by atoms with E-state index in [9.17, 15) is 8.78 Å². The molecule has 0 unspecified atom stereocenters. The molecule has 24 heavy (non-hydrogen) atoms. The van der Waals surface area contributed by atoms with E-state index in [4.69, 9.17) is 4.42 Å². The lowest BCUT2D eigenvalue weighted by Crippen LogP contribution is -2.01. The Morgan fingerprint density at radius 3 is 2.29 bits per heavy atom. The molecule has 0 aliphatic heterocycles. The van der Waals surface area contributed by atoms with Gasteiger partial charge in [-0.1, -0.05) is 36.4 Å². The third-order valence-electron chi connectivity index (χ3n) is 3.80. The summed E-state index contributed by atoms with van der Waals surface area (Å²) in [5, 5.41) is 0. The largest absolute Gasteiger partial charge is 0.469 e. The van der Waals surface area contributed by atoms with Gasteiger partial charge < -0.3 is 9.15 Å². The van der Waals surface area contributed by atoms with Crippen LogP contribution in [0, 0.1) is 0 Å². The molecular formula is C20H18F2O2. The molecule has 3 aromatic rings. The van der Waals surface area contributed by atoms with Gasteiger partial charge in [-0.15, -0.1) is 0 Å². The van der Waals surface area contributed by atoms with Gasteiger partial charge in [0.15, 0.2) is 0 Å². The van der Waals surface area contributed by atoms with Crippen LogP contribution in [-0.2, 0) is 19.3 Å². The maximum atomic E-state index is 12.1. The molecule has 0 N–H and O–H groups in total. The summed E-state index contributed by atoms with van der Waals surface area (Å²) < 4.78 is 34.0. The highest BCUT2D eigenvalue weighted by molar-refractivity contribution is 5.30. The first-order valence-corrected chi connectivity index (χ1v) is 7.83. The van der Waals surface area contributed by atoms with Crippen molar-refractivity contribution in [1.82, 2.24) is 0 Å². The second-order valence-electron chi connectivity index (χ2n) is 5.60. The smallest absolute Gasteiger partial charge is 0.387 e. The molecule has 0 aliphatic carbocycles. The Balaban J connectivity index is 1.58. The van der Waals surface area contributed by atoms with E-state index in [0.29, 0.717) is 0 Å². The zero-order valence-electron chi connectivity index (χ0n) is 13.1. The SMILES string of the molecule is FC(F)Oc1ccc(CCc2cccc(Cc3ccco3)c2)cc1. The van der Waals surface area contributed by atoms with Crippen LogP contribution in [0.4, 0.5) is 8.78 Å². The summed E-state index contributed by atoms with van der Waals surface area (Å²) in [4.78, 5) is 0. The van der Waals surface area contributed by atoms with Gasteiger partial charge in [0.1, 0.15) is 11.5 Å². The highest BCUT2D eigenvalue weighted by atomic mass is 19.3. The lowest BCUT2D eigenvalue weighted by atomic mass is 10.0. The number of furan rings is 1. The average molecular weight is 328 g/mol. The van der Waals surface area contributed by atoms with Gasteiger partial charge in [0.25, 0.3) is 0 Å². The van der Waals surface area contributed by atoms with Crippen molar-refractivity contribution in [2.75, 3.05) is 0 Å². The van der Waals surface area contributed by atoms with Gasteiger partial charge in [0.2, 0.25) is 0 Å². The zero-order valence-corrected chi connectivity index (χ0v) is 13.1. The molecule has 2 aromatic carbocycles. The molecule has 0 spiro atoms. The fourth-order valence-electron chi connectivity index (χ4n) is 2.64. The predicted molar refractivity (Wildman–Crippen MR) is 88.4 cm³/mol. The van der Waals surface area contributed by atoms with Gasteiger partial charge in [-0.2, -0.15) is 8.78 Å². The summed E-state index contributed by atoms with van der Waals surface area (Å²) in [6.07, 6.45) is 4.20. The van der Waals surface area contributed by atoms with E-state index >= 15 is 0 Å². The fourth-order valence-corrected chi connectivity index (χ4v) is 2.64. The number of hydrogen-bond donors (Lipinski definition) is 0. The Bertz CT molecular complexity index is 750. The third-order valence-corrected chi connectivity index (χ3v) is 3.80. The van der Waals surface area contributed by atoms with Gasteiger partial charge >= 0.3 is 6.61 Å². The van der Waals surface area contributed by atoms with Crippen molar-refractivity contribution in [3.05, 3.63) is 89.4 Å². The van der Waals surface area contributed by atoms with Crippen molar-refractivity contribution >= 4 is 0 Å². The van der Waals surface area contributed by atoms with E-state index in [1.807, 2.05) is 30.3 Å². The Morgan fingerprint density at radius 1 is 0.833 bits per heavy atom. The van der Waals surface area contributed by atoms with E-state index < -0.39 is 6.61 Å². The van der Waals surface area contributed by atoms with E-state index in [-0.39, 0.29) is 5.75 Å². The number of alkyl halides is 2. The number of ether oxygens (including phenoxy) is 1. The van der Waals surface area contributed by atoms with Crippen LogP contribution in [0.15, 0.2) is 71.3 Å². The minimum absolute atomic E-state index is 0.189. The number of benzene rings is 2. The molecule has 0 amide bonds. The molecule has 4 heteroatoms. The van der Waals surface area contributed by atoms with E-state index in [2.05, 4.69) is 22.9 Å². The Kier molecular flexibility index (Phi) is 5.26. The molecule has 0 atom stereocenters. The third kappa shape index (κ3) is 4.69. The maximum Gasteiger partial charge on any atom is 0.387 e. The van der Waals surface area contributed by atoms with E-state index in [1.54, 1.807) is 18.4 Å². The van der Waals surface area contributed by atoms with Gasteiger partial charge in [-0.05, 0) is 53.8 Å². The van der Waals surface area contributed by atoms with Crippen molar-refractivity contribution in [2.45, 2.75) is 25.9 Å². The van der Waals surface area contributed by atoms with Crippen molar-refractivity contribution in [2.24, 2.45) is 0 Å². The molecule has 3 rings (SSSR count). The highest BCUT2D eigenvalue weighted by Gasteiger charge is 2.04. The molecule has 0 aliphatic rings. The van der Waals surface area contributed by atoms with Gasteiger partial charge in [0, 0.05) is 6.42 Å². The second kappa shape index (κ2) is 7.77. The van der Waals surface area contributed by atoms with Crippen LogP contribution < -0.4 is 4.74 Å². The molecule has 1 heterocycles. The summed E-state index contributed by atoms with van der Waals surface area (Å²) in [5.74, 6) is 1.14. The lowest BCUT2D eigenvalue weighted by Gasteiger charge is -2.07. The number of halogens is 2. The van der Waals surface area contributed by atoms with Crippen LogP contribution in [0.25, 0.3) is 0 Å². The van der Waals surface area contributed by atoms with Crippen LogP contribution in [0.1, 0.15) is 22.5 Å². The minimum atomic E-state index is -2.78. The van der Waals surface area contributed by atoms with Crippen molar-refractivity contribution in [3.63, 3.8) is 0 Å². The van der Waals surface area contributed by atoms with Crippen LogP contribution in [-0.4, -0.2) is 6.61 Å². The van der Waals surface area contributed by atoms with Crippen LogP contribution >= 0.6 is 0 Å². The van der Waals surface area contributed by atoms with Crippen molar-refractivity contribution in [1.29, 1.82) is 0 Å². The molecule has 124 valence electrons. The Hall–Kier alpha value is -2.62. The lowest BCUT2D eigenvalue weighted by molar-refractivity contribution is -0.0498. The Labute approximate surface area is 139 Å². The number of hydrogen-bond acceptors (Lipinski definition) is 2. The van der Waals surface area contributed by atoms with Gasteiger partial charge in [-0.25, -0.2) is 0 Å². The van der Waals surface area contributed by atoms with Crippen LogP contribution in [0.3, 0.4) is 0 Å². The zero-order chi connectivity index (χ0) is 16.8.